The van der Waals surface area contributed by atoms with Crippen molar-refractivity contribution in [2.75, 3.05) is 26.2 Å². The summed E-state index contributed by atoms with van der Waals surface area (Å²) in [7, 11) is 0. The lowest BCUT2D eigenvalue weighted by Crippen LogP contribution is -2.43. The number of halogens is 4. The van der Waals surface area contributed by atoms with Crippen LogP contribution in [0, 0.1) is 0 Å². The molecule has 1 aliphatic rings. The molecule has 11 heteroatoms. The Morgan fingerprint density at radius 2 is 2.17 bits per heavy atom. The van der Waals surface area contributed by atoms with E-state index in [1.54, 1.807) is 4.90 Å². The second-order valence-corrected chi connectivity index (χ2v) is 5.45. The molecule has 24 heavy (non-hydrogen) atoms. The minimum atomic E-state index is -4.49. The van der Waals surface area contributed by atoms with Gasteiger partial charge in [-0.15, -0.1) is 12.4 Å². The fourth-order valence-electron chi connectivity index (χ4n) is 2.58. The number of aromatic nitrogens is 2. The summed E-state index contributed by atoms with van der Waals surface area (Å²) >= 11 is 0. The number of carboxylic acids is 1. The van der Waals surface area contributed by atoms with Gasteiger partial charge in [0, 0.05) is 18.2 Å². The number of rotatable bonds is 5. The monoisotopic (exact) mass is 370 g/mol. The number of nitrogens with one attached hydrogen (secondary N) is 2. The van der Waals surface area contributed by atoms with E-state index in [1.807, 2.05) is 0 Å². The van der Waals surface area contributed by atoms with Gasteiger partial charge in [0.05, 0.1) is 6.54 Å². The maximum absolute atomic E-state index is 12.6. The van der Waals surface area contributed by atoms with Crippen LogP contribution in [0.25, 0.3) is 0 Å². The highest BCUT2D eigenvalue weighted by Crippen LogP contribution is 2.31. The number of carboxylic acid groups (broad SMARTS) is 1. The number of hydrogen-bond acceptors (Lipinski definition) is 4. The number of aliphatic carboxylic acids is 1. The lowest BCUT2D eigenvalue weighted by Gasteiger charge is -2.31. The Bertz CT molecular complexity index is 579. The van der Waals surface area contributed by atoms with Crippen LogP contribution in [0.5, 0.6) is 0 Å². The zero-order valence-electron chi connectivity index (χ0n) is 12.6. The predicted molar refractivity (Wildman–Crippen MR) is 79.9 cm³/mol. The van der Waals surface area contributed by atoms with E-state index in [2.05, 4.69) is 15.5 Å². The predicted octanol–water partition coefficient (Wildman–Crippen LogP) is 1.23. The first-order valence-electron chi connectivity index (χ1n) is 7.09. The molecule has 1 atom stereocenters. The number of carbonyl (C=O) groups excluding carboxylic acids is 1. The summed E-state index contributed by atoms with van der Waals surface area (Å²) in [4.78, 5) is 23.8. The van der Waals surface area contributed by atoms with Gasteiger partial charge in [0.1, 0.15) is 6.54 Å². The average molecular weight is 371 g/mol. The second kappa shape index (κ2) is 8.34. The van der Waals surface area contributed by atoms with E-state index in [9.17, 15) is 22.8 Å². The molecule has 0 aromatic carbocycles. The highest BCUT2D eigenvalue weighted by Gasteiger charge is 2.35. The number of piperidine rings is 1. The van der Waals surface area contributed by atoms with Gasteiger partial charge in [-0.25, -0.2) is 0 Å². The van der Waals surface area contributed by atoms with Crippen molar-refractivity contribution in [2.45, 2.75) is 24.9 Å². The minimum absolute atomic E-state index is 0. The SMILES string of the molecule is Cl.O=C(O)CNC(=O)CN1CCCC(c2cc(C(F)(F)F)n[nH]2)C1. The van der Waals surface area contributed by atoms with Gasteiger partial charge >= 0.3 is 12.1 Å². The summed E-state index contributed by atoms with van der Waals surface area (Å²) in [5.74, 6) is -1.72. The maximum atomic E-state index is 12.6. The van der Waals surface area contributed by atoms with Crippen LogP contribution < -0.4 is 5.32 Å². The Hall–Kier alpha value is -1.81. The second-order valence-electron chi connectivity index (χ2n) is 5.45. The first-order valence-corrected chi connectivity index (χ1v) is 7.09. The van der Waals surface area contributed by atoms with Gasteiger partial charge in [0.25, 0.3) is 0 Å². The van der Waals surface area contributed by atoms with Gasteiger partial charge < -0.3 is 10.4 Å². The number of hydrogen-bond donors (Lipinski definition) is 3. The maximum Gasteiger partial charge on any atom is 0.435 e. The molecular weight excluding hydrogens is 353 g/mol. The molecule has 1 amide bonds. The third-order valence-electron chi connectivity index (χ3n) is 3.64. The summed E-state index contributed by atoms with van der Waals surface area (Å²) in [6.07, 6.45) is -3.05. The molecule has 7 nitrogen and oxygen atoms in total. The number of H-pyrrole nitrogens is 1. The van der Waals surface area contributed by atoms with Crippen LogP contribution in [0.4, 0.5) is 13.2 Å². The highest BCUT2D eigenvalue weighted by molar-refractivity contribution is 5.85. The van der Waals surface area contributed by atoms with Crippen molar-refractivity contribution in [1.82, 2.24) is 20.4 Å². The van der Waals surface area contributed by atoms with Crippen molar-refractivity contribution in [3.8, 4) is 0 Å². The Balaban J connectivity index is 0.00000288. The van der Waals surface area contributed by atoms with Crippen LogP contribution in [0.1, 0.15) is 30.1 Å². The fourth-order valence-corrected chi connectivity index (χ4v) is 2.58. The first kappa shape index (κ1) is 20.2. The molecule has 1 aromatic heterocycles. The Morgan fingerprint density at radius 1 is 1.46 bits per heavy atom. The number of alkyl halides is 3. The van der Waals surface area contributed by atoms with Gasteiger partial charge in [-0.3, -0.25) is 19.6 Å². The van der Waals surface area contributed by atoms with Crippen molar-refractivity contribution < 1.29 is 27.9 Å². The lowest BCUT2D eigenvalue weighted by atomic mass is 9.94. The normalized spacial score (nSPS) is 18.7. The third-order valence-corrected chi connectivity index (χ3v) is 3.64. The van der Waals surface area contributed by atoms with E-state index in [0.717, 1.165) is 12.5 Å². The largest absolute Gasteiger partial charge is 0.480 e. The molecule has 0 spiro atoms. The Labute approximate surface area is 142 Å². The van der Waals surface area contributed by atoms with Crippen molar-refractivity contribution in [2.24, 2.45) is 0 Å². The summed E-state index contributed by atoms with van der Waals surface area (Å²) < 4.78 is 37.7. The van der Waals surface area contributed by atoms with E-state index in [4.69, 9.17) is 5.11 Å². The summed E-state index contributed by atoms with van der Waals surface area (Å²) in [5, 5.41) is 16.5. The number of aromatic amines is 1. The Kier molecular flexibility index (Phi) is 7.03. The van der Waals surface area contributed by atoms with E-state index >= 15 is 0 Å². The quantitative estimate of drug-likeness (QED) is 0.724. The van der Waals surface area contributed by atoms with Crippen LogP contribution in [0.2, 0.25) is 0 Å². The molecule has 3 N–H and O–H groups in total. The molecule has 1 aliphatic heterocycles. The van der Waals surface area contributed by atoms with Crippen molar-refractivity contribution in [3.63, 3.8) is 0 Å². The molecular formula is C13H18ClF3N4O3. The number of carbonyl (C=O) groups is 2. The van der Waals surface area contributed by atoms with Gasteiger partial charge in [-0.2, -0.15) is 18.3 Å². The van der Waals surface area contributed by atoms with Gasteiger partial charge in [-0.1, -0.05) is 0 Å². The molecule has 1 unspecified atom stereocenters. The average Bonchev–Trinajstić information content (AvgIpc) is 2.95. The van der Waals surface area contributed by atoms with Crippen LogP contribution in [0.15, 0.2) is 6.07 Å². The van der Waals surface area contributed by atoms with Gasteiger partial charge in [-0.05, 0) is 25.5 Å². The number of likely N-dealkylation sites (tertiary alicyclic amines) is 1. The molecule has 1 aromatic rings. The van der Waals surface area contributed by atoms with E-state index in [1.165, 1.54) is 0 Å². The summed E-state index contributed by atoms with van der Waals surface area (Å²) in [6.45, 7) is 0.618. The van der Waals surface area contributed by atoms with E-state index < -0.39 is 30.3 Å². The van der Waals surface area contributed by atoms with Crippen LogP contribution >= 0.6 is 12.4 Å². The smallest absolute Gasteiger partial charge is 0.435 e. The molecule has 1 fully saturated rings. The van der Waals surface area contributed by atoms with E-state index in [0.29, 0.717) is 25.2 Å². The zero-order valence-corrected chi connectivity index (χ0v) is 13.4. The molecule has 0 bridgehead atoms. The third kappa shape index (κ3) is 5.68. The molecule has 0 aliphatic carbocycles. The number of nitrogens with zero attached hydrogens (tertiary/aromatic N) is 2. The lowest BCUT2D eigenvalue weighted by molar-refractivity contribution is -0.141. The van der Waals surface area contributed by atoms with Gasteiger partial charge in [0.15, 0.2) is 5.69 Å². The standard InChI is InChI=1S/C13H17F3N4O3.ClH/c14-13(15,16)10-4-9(18-19-10)8-2-1-3-20(6-8)7-11(21)17-5-12(22)23;/h4,8H,1-3,5-7H2,(H,17,21)(H,18,19)(H,22,23);1H. The van der Waals surface area contributed by atoms with Crippen LogP contribution in [0.3, 0.4) is 0 Å². The summed E-state index contributed by atoms with van der Waals surface area (Å²) in [6, 6.07) is 0.999. The Morgan fingerprint density at radius 3 is 2.75 bits per heavy atom. The molecule has 1 saturated heterocycles. The topological polar surface area (TPSA) is 98.3 Å². The first-order chi connectivity index (χ1) is 10.8. The highest BCUT2D eigenvalue weighted by atomic mass is 35.5. The molecule has 0 saturated carbocycles. The van der Waals surface area contributed by atoms with Crippen molar-refractivity contribution in [1.29, 1.82) is 0 Å². The van der Waals surface area contributed by atoms with Crippen molar-refractivity contribution in [3.05, 3.63) is 17.5 Å². The van der Waals surface area contributed by atoms with Crippen molar-refractivity contribution >= 4 is 24.3 Å². The van der Waals surface area contributed by atoms with Crippen LogP contribution in [-0.4, -0.2) is 58.3 Å². The minimum Gasteiger partial charge on any atom is -0.480 e. The molecule has 2 heterocycles. The molecule has 0 radical (unpaired) electrons. The van der Waals surface area contributed by atoms with Gasteiger partial charge in [0.2, 0.25) is 5.91 Å². The van der Waals surface area contributed by atoms with Crippen LogP contribution in [-0.2, 0) is 15.8 Å². The summed E-state index contributed by atoms with van der Waals surface area (Å²) in [5.41, 5.74) is -0.559. The zero-order chi connectivity index (χ0) is 17.0. The fraction of sp³-hybridized carbons (Fsp3) is 0.615. The molecule has 136 valence electrons. The molecule has 2 rings (SSSR count). The van der Waals surface area contributed by atoms with E-state index in [-0.39, 0.29) is 24.9 Å². The number of amides is 1.